The van der Waals surface area contributed by atoms with Gasteiger partial charge in [-0.05, 0) is 47.7 Å². The maximum absolute atomic E-state index is 13.6. The number of carbonyl (C=O) groups is 1. The van der Waals surface area contributed by atoms with Crippen LogP contribution in [0.1, 0.15) is 29.0 Å². The van der Waals surface area contributed by atoms with E-state index in [9.17, 15) is 9.59 Å². The van der Waals surface area contributed by atoms with E-state index in [1.807, 2.05) is 78.2 Å². The summed E-state index contributed by atoms with van der Waals surface area (Å²) in [4.78, 5) is 33.0. The van der Waals surface area contributed by atoms with Gasteiger partial charge in [0, 0.05) is 4.88 Å². The van der Waals surface area contributed by atoms with Crippen molar-refractivity contribution >= 4 is 34.7 Å². The van der Waals surface area contributed by atoms with Crippen LogP contribution < -0.4 is 19.6 Å². The van der Waals surface area contributed by atoms with Crippen molar-refractivity contribution in [1.82, 2.24) is 4.57 Å². The Kier molecular flexibility index (Phi) is 6.48. The Morgan fingerprint density at radius 2 is 1.86 bits per heavy atom. The summed E-state index contributed by atoms with van der Waals surface area (Å²) in [6.07, 6.45) is 1.83. The van der Waals surface area contributed by atoms with E-state index in [2.05, 4.69) is 4.99 Å². The SMILES string of the molecule is COc1ccc(/C=c2/sc3n(c2=O)[C@H](c2cccs2)C(C(=O)OCc2ccccc2)=C(C)N=3)cc1. The van der Waals surface area contributed by atoms with E-state index in [4.69, 9.17) is 9.47 Å². The summed E-state index contributed by atoms with van der Waals surface area (Å²) in [7, 11) is 1.61. The Morgan fingerprint density at radius 3 is 2.54 bits per heavy atom. The predicted octanol–water partition coefficient (Wildman–Crippen LogP) is 4.05. The monoisotopic (exact) mass is 502 g/mol. The molecule has 6 nitrogen and oxygen atoms in total. The number of benzene rings is 2. The van der Waals surface area contributed by atoms with Gasteiger partial charge in [-0.25, -0.2) is 9.79 Å². The molecule has 3 heterocycles. The molecule has 0 saturated heterocycles. The Balaban J connectivity index is 1.56. The molecule has 35 heavy (non-hydrogen) atoms. The number of nitrogens with zero attached hydrogens (tertiary/aromatic N) is 2. The van der Waals surface area contributed by atoms with E-state index in [1.54, 1.807) is 18.6 Å². The van der Waals surface area contributed by atoms with Crippen molar-refractivity contribution < 1.29 is 14.3 Å². The molecule has 176 valence electrons. The third-order valence-corrected chi connectivity index (χ3v) is 7.59. The summed E-state index contributed by atoms with van der Waals surface area (Å²) in [5.41, 5.74) is 2.51. The van der Waals surface area contributed by atoms with E-state index in [0.29, 0.717) is 20.6 Å². The minimum atomic E-state index is -0.590. The van der Waals surface area contributed by atoms with Crippen molar-refractivity contribution in [3.05, 3.63) is 119 Å². The quantitative estimate of drug-likeness (QED) is 0.373. The number of thiazole rings is 1. The van der Waals surface area contributed by atoms with Gasteiger partial charge < -0.3 is 9.47 Å². The number of hydrogen-bond donors (Lipinski definition) is 0. The average Bonchev–Trinajstić information content (AvgIpc) is 3.51. The first kappa shape index (κ1) is 23.0. The number of fused-ring (bicyclic) bond motifs is 1. The minimum Gasteiger partial charge on any atom is -0.497 e. The molecule has 0 fully saturated rings. The van der Waals surface area contributed by atoms with Crippen molar-refractivity contribution in [1.29, 1.82) is 0 Å². The normalized spacial score (nSPS) is 15.5. The van der Waals surface area contributed by atoms with Crippen LogP contribution in [0.2, 0.25) is 0 Å². The van der Waals surface area contributed by atoms with Gasteiger partial charge in [0.25, 0.3) is 5.56 Å². The molecule has 0 amide bonds. The third-order valence-electron chi connectivity index (χ3n) is 5.68. The minimum absolute atomic E-state index is 0.148. The maximum Gasteiger partial charge on any atom is 0.338 e. The molecule has 4 aromatic rings. The molecule has 0 unspecified atom stereocenters. The lowest BCUT2D eigenvalue weighted by atomic mass is 10.0. The van der Waals surface area contributed by atoms with Gasteiger partial charge in [0.1, 0.15) is 18.4 Å². The smallest absolute Gasteiger partial charge is 0.338 e. The molecule has 0 aliphatic carbocycles. The Hall–Kier alpha value is -3.75. The van der Waals surface area contributed by atoms with E-state index in [1.165, 1.54) is 22.7 Å². The summed E-state index contributed by atoms with van der Waals surface area (Å²) in [6, 6.07) is 20.3. The zero-order chi connectivity index (χ0) is 24.4. The number of thiophene rings is 1. The molecule has 0 bridgehead atoms. The van der Waals surface area contributed by atoms with Gasteiger partial charge in [0.2, 0.25) is 0 Å². The van der Waals surface area contributed by atoms with Gasteiger partial charge in [-0.1, -0.05) is 59.9 Å². The summed E-state index contributed by atoms with van der Waals surface area (Å²) in [5, 5.41) is 1.94. The zero-order valence-corrected chi connectivity index (χ0v) is 20.8. The number of carbonyl (C=O) groups excluding carboxylic acids is 1. The number of esters is 1. The molecule has 2 aromatic heterocycles. The Labute approximate surface area is 209 Å². The van der Waals surface area contributed by atoms with Gasteiger partial charge in [0.05, 0.1) is 22.9 Å². The first-order valence-corrected chi connectivity index (χ1v) is 12.7. The highest BCUT2D eigenvalue weighted by atomic mass is 32.1. The molecule has 0 spiro atoms. The fraction of sp³-hybridized carbons (Fsp3) is 0.148. The largest absolute Gasteiger partial charge is 0.497 e. The zero-order valence-electron chi connectivity index (χ0n) is 19.1. The second-order valence-corrected chi connectivity index (χ2v) is 9.92. The van der Waals surface area contributed by atoms with Crippen LogP contribution in [0.25, 0.3) is 6.08 Å². The van der Waals surface area contributed by atoms with Gasteiger partial charge in [-0.15, -0.1) is 11.3 Å². The highest BCUT2D eigenvalue weighted by molar-refractivity contribution is 7.10. The second kappa shape index (κ2) is 9.85. The molecular weight excluding hydrogens is 480 g/mol. The van der Waals surface area contributed by atoms with E-state index in [0.717, 1.165) is 21.8 Å². The highest BCUT2D eigenvalue weighted by Crippen LogP contribution is 2.33. The molecule has 1 atom stereocenters. The molecule has 0 radical (unpaired) electrons. The van der Waals surface area contributed by atoms with Gasteiger partial charge in [-0.2, -0.15) is 0 Å². The van der Waals surface area contributed by atoms with Crippen LogP contribution >= 0.6 is 22.7 Å². The molecular formula is C27H22N2O4S2. The van der Waals surface area contributed by atoms with E-state index < -0.39 is 12.0 Å². The van der Waals surface area contributed by atoms with Crippen LogP contribution in [0.5, 0.6) is 5.75 Å². The topological polar surface area (TPSA) is 69.9 Å². The highest BCUT2D eigenvalue weighted by Gasteiger charge is 2.34. The molecule has 0 saturated carbocycles. The second-order valence-electron chi connectivity index (χ2n) is 7.93. The van der Waals surface area contributed by atoms with E-state index in [-0.39, 0.29) is 12.2 Å². The Morgan fingerprint density at radius 1 is 1.09 bits per heavy atom. The fourth-order valence-electron chi connectivity index (χ4n) is 3.95. The summed E-state index contributed by atoms with van der Waals surface area (Å²) in [5.74, 6) is 0.272. The lowest BCUT2D eigenvalue weighted by Gasteiger charge is -2.23. The number of rotatable bonds is 6. The van der Waals surface area contributed by atoms with Crippen molar-refractivity contribution in [2.45, 2.75) is 19.6 Å². The first-order valence-electron chi connectivity index (χ1n) is 11.0. The van der Waals surface area contributed by atoms with Crippen molar-refractivity contribution in [2.24, 2.45) is 4.99 Å². The van der Waals surface area contributed by atoms with Crippen LogP contribution in [-0.4, -0.2) is 17.6 Å². The van der Waals surface area contributed by atoms with Crippen molar-refractivity contribution in [3.8, 4) is 5.75 Å². The fourth-order valence-corrected chi connectivity index (χ4v) is 5.82. The van der Waals surface area contributed by atoms with Gasteiger partial charge in [-0.3, -0.25) is 9.36 Å². The molecule has 0 N–H and O–H groups in total. The molecule has 5 rings (SSSR count). The molecule has 2 aromatic carbocycles. The van der Waals surface area contributed by atoms with Crippen LogP contribution in [0, 0.1) is 0 Å². The maximum atomic E-state index is 13.6. The Bertz CT molecular complexity index is 1560. The molecule has 1 aliphatic heterocycles. The van der Waals surface area contributed by atoms with Crippen LogP contribution in [0.4, 0.5) is 0 Å². The summed E-state index contributed by atoms with van der Waals surface area (Å²) in [6.45, 7) is 1.94. The van der Waals surface area contributed by atoms with Gasteiger partial charge in [0.15, 0.2) is 4.80 Å². The third kappa shape index (κ3) is 4.62. The molecule has 1 aliphatic rings. The predicted molar refractivity (Wildman–Crippen MR) is 137 cm³/mol. The van der Waals surface area contributed by atoms with Crippen molar-refractivity contribution in [3.63, 3.8) is 0 Å². The standard InChI is InChI=1S/C27H22N2O4S2/c1-17-23(26(31)33-16-19-7-4-3-5-8-19)24(21-9-6-14-34-21)29-25(30)22(35-27(29)28-17)15-18-10-12-20(32-2)13-11-18/h3-15,24H,16H2,1-2H3/b22-15+/t24-/m1/s1. The van der Waals surface area contributed by atoms with Gasteiger partial charge >= 0.3 is 5.97 Å². The lowest BCUT2D eigenvalue weighted by Crippen LogP contribution is -2.39. The number of ether oxygens (including phenoxy) is 2. The average molecular weight is 503 g/mol. The summed E-state index contributed by atoms with van der Waals surface area (Å²) < 4.78 is 13.0. The van der Waals surface area contributed by atoms with Crippen LogP contribution in [-0.2, 0) is 16.1 Å². The van der Waals surface area contributed by atoms with Crippen molar-refractivity contribution in [2.75, 3.05) is 7.11 Å². The lowest BCUT2D eigenvalue weighted by molar-refractivity contribution is -0.140. The number of hydrogen-bond acceptors (Lipinski definition) is 7. The van der Waals surface area contributed by atoms with Crippen LogP contribution in [0.15, 0.2) is 93.2 Å². The first-order chi connectivity index (χ1) is 17.0. The number of aromatic nitrogens is 1. The summed E-state index contributed by atoms with van der Waals surface area (Å²) >= 11 is 2.80. The number of allylic oxidation sites excluding steroid dienone is 1. The van der Waals surface area contributed by atoms with E-state index >= 15 is 0 Å². The van der Waals surface area contributed by atoms with Crippen LogP contribution in [0.3, 0.4) is 0 Å². The number of methoxy groups -OCH3 is 1. The molecule has 8 heteroatoms.